The third kappa shape index (κ3) is 5.18. The zero-order valence-corrected chi connectivity index (χ0v) is 13.7. The molecule has 0 aliphatic carbocycles. The molecule has 2 nitrogen and oxygen atoms in total. The van der Waals surface area contributed by atoms with Crippen LogP contribution in [0.4, 0.5) is 0 Å². The van der Waals surface area contributed by atoms with Crippen molar-refractivity contribution >= 4 is 11.8 Å². The van der Waals surface area contributed by atoms with Gasteiger partial charge < -0.3 is 5.32 Å². The smallest absolute Gasteiger partial charge is 0.0573 e. The van der Waals surface area contributed by atoms with Crippen LogP contribution in [0.2, 0.25) is 0 Å². The van der Waals surface area contributed by atoms with Gasteiger partial charge in [0.2, 0.25) is 0 Å². The van der Waals surface area contributed by atoms with Gasteiger partial charge in [-0.05, 0) is 37.1 Å². The largest absolute Gasteiger partial charge is 0.309 e. The Balaban J connectivity index is 1.92. The highest BCUT2D eigenvalue weighted by Gasteiger charge is 2.09. The topological polar surface area (TPSA) is 24.9 Å². The molecule has 0 radical (unpaired) electrons. The molecule has 0 amide bonds. The van der Waals surface area contributed by atoms with Gasteiger partial charge in [0, 0.05) is 22.9 Å². The molecule has 1 aromatic heterocycles. The van der Waals surface area contributed by atoms with Gasteiger partial charge >= 0.3 is 0 Å². The first kappa shape index (κ1) is 16.1. The van der Waals surface area contributed by atoms with Crippen molar-refractivity contribution < 1.29 is 0 Å². The monoisotopic (exact) mass is 300 g/mol. The summed E-state index contributed by atoms with van der Waals surface area (Å²) in [6.45, 7) is 5.44. The summed E-state index contributed by atoms with van der Waals surface area (Å²) in [5.41, 5.74) is 2.50. The van der Waals surface area contributed by atoms with E-state index in [0.29, 0.717) is 6.04 Å². The van der Waals surface area contributed by atoms with Crippen molar-refractivity contribution in [3.8, 4) is 0 Å². The summed E-state index contributed by atoms with van der Waals surface area (Å²) in [5.74, 6) is 0.993. The third-order valence-electron chi connectivity index (χ3n) is 3.41. The molecule has 112 valence electrons. The summed E-state index contributed by atoms with van der Waals surface area (Å²) in [6.07, 6.45) is 4.23. The van der Waals surface area contributed by atoms with Crippen LogP contribution in [0.25, 0.3) is 0 Å². The lowest BCUT2D eigenvalue weighted by Gasteiger charge is -2.16. The molecule has 0 bridgehead atoms. The van der Waals surface area contributed by atoms with Gasteiger partial charge in [0.05, 0.1) is 5.69 Å². The van der Waals surface area contributed by atoms with Crippen molar-refractivity contribution in [2.24, 2.45) is 0 Å². The second-order valence-corrected chi connectivity index (χ2v) is 6.16. The Hall–Kier alpha value is -1.32. The molecule has 0 spiro atoms. The summed E-state index contributed by atoms with van der Waals surface area (Å²) >= 11 is 1.84. The van der Waals surface area contributed by atoms with E-state index in [1.165, 1.54) is 10.5 Å². The molecule has 2 rings (SSSR count). The maximum absolute atomic E-state index is 4.63. The van der Waals surface area contributed by atoms with Crippen molar-refractivity contribution in [1.82, 2.24) is 10.3 Å². The van der Waals surface area contributed by atoms with Gasteiger partial charge in [-0.1, -0.05) is 44.2 Å². The molecule has 1 N–H and O–H groups in total. The van der Waals surface area contributed by atoms with E-state index in [9.17, 15) is 0 Å². The van der Waals surface area contributed by atoms with Gasteiger partial charge in [-0.3, -0.25) is 4.98 Å². The Morgan fingerprint density at radius 2 is 1.90 bits per heavy atom. The van der Waals surface area contributed by atoms with E-state index in [4.69, 9.17) is 0 Å². The quantitative estimate of drug-likeness (QED) is 0.707. The number of benzene rings is 1. The van der Waals surface area contributed by atoms with E-state index < -0.39 is 0 Å². The van der Waals surface area contributed by atoms with Crippen molar-refractivity contribution in [2.75, 3.05) is 6.54 Å². The number of nitrogens with zero attached hydrogens (tertiary/aromatic N) is 1. The van der Waals surface area contributed by atoms with Crippen molar-refractivity contribution in [3.05, 3.63) is 59.9 Å². The molecule has 1 unspecified atom stereocenters. The average molecular weight is 300 g/mol. The molecular weight excluding hydrogens is 276 g/mol. The first-order chi connectivity index (χ1) is 10.3. The zero-order chi connectivity index (χ0) is 14.9. The summed E-state index contributed by atoms with van der Waals surface area (Å²) in [7, 11) is 0. The van der Waals surface area contributed by atoms with Crippen LogP contribution in [0, 0.1) is 0 Å². The van der Waals surface area contributed by atoms with Crippen LogP contribution in [-0.4, -0.2) is 11.5 Å². The summed E-state index contributed by atoms with van der Waals surface area (Å²) in [5, 5.41) is 3.54. The molecule has 3 heteroatoms. The Morgan fingerprint density at radius 3 is 2.52 bits per heavy atom. The van der Waals surface area contributed by atoms with Crippen LogP contribution in [0.15, 0.2) is 53.6 Å². The lowest BCUT2D eigenvalue weighted by Crippen LogP contribution is -2.22. The molecule has 1 heterocycles. The highest BCUT2D eigenvalue weighted by atomic mass is 32.2. The third-order valence-corrected chi connectivity index (χ3v) is 4.47. The summed E-state index contributed by atoms with van der Waals surface area (Å²) in [6, 6.07) is 15.3. The normalized spacial score (nSPS) is 12.3. The van der Waals surface area contributed by atoms with Crippen molar-refractivity contribution in [2.45, 2.75) is 43.4 Å². The van der Waals surface area contributed by atoms with E-state index >= 15 is 0 Å². The maximum atomic E-state index is 4.63. The van der Waals surface area contributed by atoms with Crippen molar-refractivity contribution in [1.29, 1.82) is 0 Å². The SMILES string of the molecule is CCCNC(CC)c1ccc(SCc2ccccc2)cn1. The first-order valence-electron chi connectivity index (χ1n) is 7.69. The fraction of sp³-hybridized carbons (Fsp3) is 0.389. The predicted molar refractivity (Wildman–Crippen MR) is 91.6 cm³/mol. The van der Waals surface area contributed by atoms with Crippen LogP contribution in [0.3, 0.4) is 0 Å². The molecule has 1 atom stereocenters. The Kier molecular flexibility index (Phi) is 6.77. The van der Waals surface area contributed by atoms with Gasteiger partial charge in [-0.15, -0.1) is 11.8 Å². The van der Waals surface area contributed by atoms with E-state index in [2.05, 4.69) is 66.6 Å². The molecule has 0 aliphatic heterocycles. The second kappa shape index (κ2) is 8.85. The second-order valence-electron chi connectivity index (χ2n) is 5.11. The lowest BCUT2D eigenvalue weighted by atomic mass is 10.1. The highest BCUT2D eigenvalue weighted by molar-refractivity contribution is 7.98. The van der Waals surface area contributed by atoms with Gasteiger partial charge in [-0.25, -0.2) is 0 Å². The summed E-state index contributed by atoms with van der Waals surface area (Å²) in [4.78, 5) is 5.86. The van der Waals surface area contributed by atoms with Gasteiger partial charge in [0.15, 0.2) is 0 Å². The maximum Gasteiger partial charge on any atom is 0.0573 e. The fourth-order valence-electron chi connectivity index (χ4n) is 2.20. The number of nitrogens with one attached hydrogen (secondary N) is 1. The van der Waals surface area contributed by atoms with E-state index in [1.807, 2.05) is 18.0 Å². The first-order valence-corrected chi connectivity index (χ1v) is 8.68. The van der Waals surface area contributed by atoms with E-state index in [1.54, 1.807) is 0 Å². The number of hydrogen-bond donors (Lipinski definition) is 1. The minimum Gasteiger partial charge on any atom is -0.309 e. The van der Waals surface area contributed by atoms with Gasteiger partial charge in [0.1, 0.15) is 0 Å². The molecule has 0 saturated carbocycles. The predicted octanol–water partition coefficient (Wildman–Crippen LogP) is 4.82. The molecule has 0 aliphatic rings. The Morgan fingerprint density at radius 1 is 1.10 bits per heavy atom. The standard InChI is InChI=1S/C18H24N2S/c1-3-12-19-17(4-2)18-11-10-16(13-20-18)21-14-15-8-6-5-7-9-15/h5-11,13,17,19H,3-4,12,14H2,1-2H3. The number of rotatable bonds is 8. The zero-order valence-electron chi connectivity index (χ0n) is 12.9. The molecule has 0 saturated heterocycles. The Bertz CT molecular complexity index is 511. The molecule has 1 aromatic carbocycles. The number of aromatic nitrogens is 1. The van der Waals surface area contributed by atoms with Crippen molar-refractivity contribution in [3.63, 3.8) is 0 Å². The molecular formula is C18H24N2S. The molecule has 0 fully saturated rings. The fourth-order valence-corrected chi connectivity index (χ4v) is 3.02. The number of pyridine rings is 1. The van der Waals surface area contributed by atoms with Gasteiger partial charge in [-0.2, -0.15) is 0 Å². The number of hydrogen-bond acceptors (Lipinski definition) is 3. The molecule has 2 aromatic rings. The van der Waals surface area contributed by atoms with E-state index in [0.717, 1.165) is 30.8 Å². The Labute approximate surface area is 132 Å². The van der Waals surface area contributed by atoms with Crippen LogP contribution >= 0.6 is 11.8 Å². The van der Waals surface area contributed by atoms with Crippen LogP contribution < -0.4 is 5.32 Å². The average Bonchev–Trinajstić information content (AvgIpc) is 2.56. The minimum atomic E-state index is 0.373. The van der Waals surface area contributed by atoms with E-state index in [-0.39, 0.29) is 0 Å². The minimum absolute atomic E-state index is 0.373. The summed E-state index contributed by atoms with van der Waals surface area (Å²) < 4.78 is 0. The lowest BCUT2D eigenvalue weighted by molar-refractivity contribution is 0.507. The van der Waals surface area contributed by atoms with Gasteiger partial charge in [0.25, 0.3) is 0 Å². The van der Waals surface area contributed by atoms with Crippen LogP contribution in [-0.2, 0) is 5.75 Å². The van der Waals surface area contributed by atoms with Crippen LogP contribution in [0.1, 0.15) is 44.0 Å². The molecule has 21 heavy (non-hydrogen) atoms. The number of thioether (sulfide) groups is 1. The highest BCUT2D eigenvalue weighted by Crippen LogP contribution is 2.23. The van der Waals surface area contributed by atoms with Crippen LogP contribution in [0.5, 0.6) is 0 Å².